The van der Waals surface area contributed by atoms with Crippen LogP contribution in [0.2, 0.25) is 0 Å². The van der Waals surface area contributed by atoms with Gasteiger partial charge in [-0.2, -0.15) is 4.31 Å². The van der Waals surface area contributed by atoms with Gasteiger partial charge in [0.2, 0.25) is 10.0 Å². The summed E-state index contributed by atoms with van der Waals surface area (Å²) < 4.78 is 26.6. The van der Waals surface area contributed by atoms with E-state index in [1.54, 1.807) is 12.1 Å². The Bertz CT molecular complexity index is 899. The third kappa shape index (κ3) is 3.81. The number of ketones is 1. The first kappa shape index (κ1) is 18.6. The topological polar surface area (TPSA) is 66.5 Å². The Labute approximate surface area is 155 Å². The predicted molar refractivity (Wildman–Crippen MR) is 103 cm³/mol. The van der Waals surface area contributed by atoms with Crippen molar-refractivity contribution in [2.45, 2.75) is 31.6 Å². The van der Waals surface area contributed by atoms with Crippen LogP contribution in [0.1, 0.15) is 34.3 Å². The lowest BCUT2D eigenvalue weighted by molar-refractivity contribution is 0.101. The molecule has 1 aliphatic heterocycles. The fourth-order valence-electron chi connectivity index (χ4n) is 3.11. The normalized spacial score (nSPS) is 15.2. The molecule has 2 aromatic carbocycles. The van der Waals surface area contributed by atoms with Gasteiger partial charge in [0.15, 0.2) is 5.78 Å². The van der Waals surface area contributed by atoms with E-state index >= 15 is 0 Å². The largest absolute Gasteiger partial charge is 0.377 e. The number of carbonyl (C=O) groups is 1. The first-order valence-corrected chi connectivity index (χ1v) is 10.3. The van der Waals surface area contributed by atoms with Crippen molar-refractivity contribution in [2.75, 3.05) is 25.0 Å². The summed E-state index contributed by atoms with van der Waals surface area (Å²) in [4.78, 5) is 12.7. The maximum Gasteiger partial charge on any atom is 0.243 e. The van der Waals surface area contributed by atoms with Gasteiger partial charge in [-0.1, -0.05) is 12.1 Å². The van der Waals surface area contributed by atoms with Gasteiger partial charge in [0.05, 0.1) is 11.4 Å². The molecule has 0 bridgehead atoms. The molecule has 2 aromatic rings. The lowest BCUT2D eigenvalue weighted by Gasteiger charge is -2.15. The Morgan fingerprint density at radius 1 is 1.04 bits per heavy atom. The van der Waals surface area contributed by atoms with Crippen LogP contribution in [0.3, 0.4) is 0 Å². The zero-order valence-corrected chi connectivity index (χ0v) is 16.0. The third-order valence-corrected chi connectivity index (χ3v) is 6.84. The van der Waals surface area contributed by atoms with E-state index in [9.17, 15) is 13.2 Å². The van der Waals surface area contributed by atoms with E-state index in [2.05, 4.69) is 5.32 Å². The maximum atomic E-state index is 12.5. The zero-order chi connectivity index (χ0) is 18.7. The number of carbonyl (C=O) groups excluding carboxylic acids is 1. The molecular weight excluding hydrogens is 348 g/mol. The molecule has 3 rings (SSSR count). The highest BCUT2D eigenvalue weighted by molar-refractivity contribution is 7.89. The molecule has 0 aliphatic carbocycles. The molecule has 138 valence electrons. The fraction of sp³-hybridized carbons (Fsp3) is 0.350. The second-order valence-electron chi connectivity index (χ2n) is 6.66. The summed E-state index contributed by atoms with van der Waals surface area (Å²) in [5.41, 5.74) is 3.72. The van der Waals surface area contributed by atoms with Crippen LogP contribution in [-0.4, -0.2) is 38.1 Å². The minimum absolute atomic E-state index is 0.0731. The minimum atomic E-state index is -3.44. The van der Waals surface area contributed by atoms with Gasteiger partial charge in [-0.25, -0.2) is 8.42 Å². The molecule has 6 heteroatoms. The highest BCUT2D eigenvalue weighted by Gasteiger charge is 2.27. The summed E-state index contributed by atoms with van der Waals surface area (Å²) in [6, 6.07) is 12.2. The highest BCUT2D eigenvalue weighted by Crippen LogP contribution is 2.21. The Hall–Kier alpha value is -2.18. The van der Waals surface area contributed by atoms with E-state index in [4.69, 9.17) is 0 Å². The average Bonchev–Trinajstić information content (AvgIpc) is 3.18. The number of rotatable bonds is 6. The average molecular weight is 372 g/mol. The Kier molecular flexibility index (Phi) is 5.44. The Balaban J connectivity index is 1.68. The van der Waals surface area contributed by atoms with Crippen molar-refractivity contribution in [3.8, 4) is 0 Å². The fourth-order valence-corrected chi connectivity index (χ4v) is 4.63. The SMILES string of the molecule is Cc1cccc(NCC(=O)c2ccc(S(=O)(=O)N3CCCC3)cc2)c1C. The van der Waals surface area contributed by atoms with Crippen molar-refractivity contribution in [3.05, 3.63) is 59.2 Å². The van der Waals surface area contributed by atoms with Crippen molar-refractivity contribution >= 4 is 21.5 Å². The monoisotopic (exact) mass is 372 g/mol. The van der Waals surface area contributed by atoms with Crippen LogP contribution in [0.4, 0.5) is 5.69 Å². The molecule has 0 unspecified atom stereocenters. The summed E-state index contributed by atoms with van der Waals surface area (Å²) in [5.74, 6) is -0.0731. The Morgan fingerprint density at radius 3 is 2.35 bits per heavy atom. The summed E-state index contributed by atoms with van der Waals surface area (Å²) in [5, 5.41) is 3.17. The van der Waals surface area contributed by atoms with Crippen LogP contribution < -0.4 is 5.32 Å². The van der Waals surface area contributed by atoms with Crippen LogP contribution in [0.15, 0.2) is 47.4 Å². The maximum absolute atomic E-state index is 12.5. The molecule has 5 nitrogen and oxygen atoms in total. The summed E-state index contributed by atoms with van der Waals surface area (Å²) >= 11 is 0. The molecule has 0 radical (unpaired) electrons. The van der Waals surface area contributed by atoms with Crippen molar-refractivity contribution in [1.29, 1.82) is 0 Å². The van der Waals surface area contributed by atoms with Crippen LogP contribution in [0.5, 0.6) is 0 Å². The van der Waals surface area contributed by atoms with Crippen LogP contribution >= 0.6 is 0 Å². The lowest BCUT2D eigenvalue weighted by atomic mass is 10.1. The molecule has 0 saturated carbocycles. The van der Waals surface area contributed by atoms with E-state index in [0.717, 1.165) is 24.1 Å². The molecule has 1 saturated heterocycles. The van der Waals surface area contributed by atoms with Crippen LogP contribution in [0, 0.1) is 13.8 Å². The molecule has 0 spiro atoms. The van der Waals surface area contributed by atoms with Gasteiger partial charge in [0.1, 0.15) is 0 Å². The molecule has 0 amide bonds. The molecular formula is C20H24N2O3S. The minimum Gasteiger partial charge on any atom is -0.377 e. The van der Waals surface area contributed by atoms with E-state index in [1.807, 2.05) is 32.0 Å². The second-order valence-corrected chi connectivity index (χ2v) is 8.60. The molecule has 1 fully saturated rings. The Morgan fingerprint density at radius 2 is 1.69 bits per heavy atom. The molecule has 1 heterocycles. The summed E-state index contributed by atoms with van der Waals surface area (Å²) in [6.45, 7) is 5.36. The van der Waals surface area contributed by atoms with Gasteiger partial charge < -0.3 is 5.32 Å². The number of aryl methyl sites for hydroxylation is 1. The summed E-state index contributed by atoms with van der Waals surface area (Å²) in [7, 11) is -3.44. The summed E-state index contributed by atoms with van der Waals surface area (Å²) in [6.07, 6.45) is 1.81. The van der Waals surface area contributed by atoms with Gasteiger partial charge in [-0.3, -0.25) is 4.79 Å². The number of sulfonamides is 1. The lowest BCUT2D eigenvalue weighted by Crippen LogP contribution is -2.27. The number of nitrogens with zero attached hydrogens (tertiary/aromatic N) is 1. The predicted octanol–water partition coefficient (Wildman–Crippen LogP) is 3.38. The van der Waals surface area contributed by atoms with Crippen molar-refractivity contribution in [3.63, 3.8) is 0 Å². The van der Waals surface area contributed by atoms with Crippen molar-refractivity contribution in [2.24, 2.45) is 0 Å². The number of Topliss-reactive ketones (excluding diaryl/α,β-unsaturated/α-hetero) is 1. The van der Waals surface area contributed by atoms with E-state index in [0.29, 0.717) is 18.7 Å². The van der Waals surface area contributed by atoms with Crippen LogP contribution in [-0.2, 0) is 10.0 Å². The number of benzene rings is 2. The van der Waals surface area contributed by atoms with Crippen LogP contribution in [0.25, 0.3) is 0 Å². The van der Waals surface area contributed by atoms with E-state index in [-0.39, 0.29) is 17.2 Å². The first-order chi connectivity index (χ1) is 12.4. The van der Waals surface area contributed by atoms with E-state index < -0.39 is 10.0 Å². The van der Waals surface area contributed by atoms with E-state index in [1.165, 1.54) is 22.0 Å². The second kappa shape index (κ2) is 7.60. The van der Waals surface area contributed by atoms with Gasteiger partial charge >= 0.3 is 0 Å². The van der Waals surface area contributed by atoms with Gasteiger partial charge in [0.25, 0.3) is 0 Å². The van der Waals surface area contributed by atoms with Gasteiger partial charge in [0, 0.05) is 24.3 Å². The first-order valence-electron chi connectivity index (χ1n) is 8.83. The van der Waals surface area contributed by atoms with Gasteiger partial charge in [-0.05, 0) is 68.1 Å². The number of nitrogens with one attached hydrogen (secondary N) is 1. The number of hydrogen-bond acceptors (Lipinski definition) is 4. The van der Waals surface area contributed by atoms with Crippen molar-refractivity contribution < 1.29 is 13.2 Å². The third-order valence-electron chi connectivity index (χ3n) is 4.92. The smallest absolute Gasteiger partial charge is 0.243 e. The highest BCUT2D eigenvalue weighted by atomic mass is 32.2. The molecule has 0 aromatic heterocycles. The molecule has 0 atom stereocenters. The zero-order valence-electron chi connectivity index (χ0n) is 15.2. The quantitative estimate of drug-likeness (QED) is 0.790. The standard InChI is InChI=1S/C20H24N2O3S/c1-15-6-5-7-19(16(15)2)21-14-20(23)17-8-10-18(11-9-17)26(24,25)22-12-3-4-13-22/h5-11,21H,3-4,12-14H2,1-2H3. The number of hydrogen-bond donors (Lipinski definition) is 1. The number of anilines is 1. The molecule has 1 N–H and O–H groups in total. The molecule has 1 aliphatic rings. The van der Waals surface area contributed by atoms with Crippen molar-refractivity contribution in [1.82, 2.24) is 4.31 Å². The van der Waals surface area contributed by atoms with Gasteiger partial charge in [-0.15, -0.1) is 0 Å². The molecule has 26 heavy (non-hydrogen) atoms.